The van der Waals surface area contributed by atoms with Crippen molar-refractivity contribution in [1.82, 2.24) is 15.5 Å². The monoisotopic (exact) mass is 307 g/mol. The van der Waals surface area contributed by atoms with Gasteiger partial charge in [0.2, 0.25) is 0 Å². The molecular weight excluding hydrogens is 290 g/mol. The number of carbonyl (C=O) groups excluding carboxylic acids is 1. The van der Waals surface area contributed by atoms with E-state index in [1.807, 2.05) is 48.5 Å². The van der Waals surface area contributed by atoms with Crippen molar-refractivity contribution in [3.05, 3.63) is 71.7 Å². The van der Waals surface area contributed by atoms with Crippen molar-refractivity contribution in [3.8, 4) is 11.3 Å². The number of hydrogen-bond acceptors (Lipinski definition) is 4. The van der Waals surface area contributed by atoms with Crippen LogP contribution in [0.15, 0.2) is 59.3 Å². The van der Waals surface area contributed by atoms with Crippen molar-refractivity contribution in [2.45, 2.75) is 13.3 Å². The Morgan fingerprint density at radius 2 is 1.91 bits per heavy atom. The van der Waals surface area contributed by atoms with Gasteiger partial charge < -0.3 is 9.84 Å². The summed E-state index contributed by atoms with van der Waals surface area (Å²) in [5.41, 5.74) is 2.85. The smallest absolute Gasteiger partial charge is 0.257 e. The molecule has 0 spiro atoms. The van der Waals surface area contributed by atoms with Gasteiger partial charge in [-0.25, -0.2) is 0 Å². The van der Waals surface area contributed by atoms with Gasteiger partial charge in [-0.15, -0.1) is 0 Å². The molecule has 0 aliphatic rings. The number of rotatable bonds is 5. The topological polar surface area (TPSA) is 68.0 Å². The average Bonchev–Trinajstić information content (AvgIpc) is 2.98. The van der Waals surface area contributed by atoms with Gasteiger partial charge in [-0.3, -0.25) is 9.78 Å². The number of aryl methyl sites for hydroxylation is 1. The van der Waals surface area contributed by atoms with Crippen LogP contribution in [0.1, 0.15) is 21.8 Å². The van der Waals surface area contributed by atoms with E-state index >= 15 is 0 Å². The van der Waals surface area contributed by atoms with Crippen molar-refractivity contribution in [1.29, 1.82) is 0 Å². The van der Waals surface area contributed by atoms with Crippen molar-refractivity contribution in [2.24, 2.45) is 0 Å². The predicted octanol–water partition coefficient (Wildman–Crippen LogP) is 3.02. The Hall–Kier alpha value is -2.95. The van der Waals surface area contributed by atoms with Crippen LogP contribution in [-0.4, -0.2) is 22.6 Å². The lowest BCUT2D eigenvalue weighted by Gasteiger charge is -2.05. The van der Waals surface area contributed by atoms with Crippen molar-refractivity contribution >= 4 is 5.91 Å². The van der Waals surface area contributed by atoms with Crippen molar-refractivity contribution in [2.75, 3.05) is 6.54 Å². The molecule has 2 heterocycles. The summed E-state index contributed by atoms with van der Waals surface area (Å²) in [6, 6.07) is 15.3. The molecule has 1 aromatic carbocycles. The van der Waals surface area contributed by atoms with Gasteiger partial charge in [0.05, 0.1) is 0 Å². The average molecular weight is 307 g/mol. The number of aromatic nitrogens is 2. The van der Waals surface area contributed by atoms with E-state index in [1.54, 1.807) is 13.1 Å². The Bertz CT molecular complexity index is 783. The highest BCUT2D eigenvalue weighted by Crippen LogP contribution is 2.24. The second-order valence-electron chi connectivity index (χ2n) is 5.16. The van der Waals surface area contributed by atoms with Crippen molar-refractivity contribution in [3.63, 3.8) is 0 Å². The first kappa shape index (κ1) is 15.0. The molecule has 23 heavy (non-hydrogen) atoms. The van der Waals surface area contributed by atoms with Gasteiger partial charge in [-0.05, 0) is 19.1 Å². The number of nitrogens with zero attached hydrogens (tertiary/aromatic N) is 2. The highest BCUT2D eigenvalue weighted by Gasteiger charge is 2.21. The zero-order valence-electron chi connectivity index (χ0n) is 12.8. The molecule has 0 saturated heterocycles. The molecule has 0 saturated carbocycles. The highest BCUT2D eigenvalue weighted by molar-refractivity contribution is 6.00. The molecule has 2 aromatic heterocycles. The van der Waals surface area contributed by atoms with Crippen LogP contribution >= 0.6 is 0 Å². The second-order valence-corrected chi connectivity index (χ2v) is 5.16. The summed E-state index contributed by atoms with van der Waals surface area (Å²) in [5.74, 6) is 0.331. The molecule has 0 aliphatic heterocycles. The van der Waals surface area contributed by atoms with E-state index in [4.69, 9.17) is 4.52 Å². The summed E-state index contributed by atoms with van der Waals surface area (Å²) in [6.45, 7) is 2.25. The zero-order valence-corrected chi connectivity index (χ0v) is 12.8. The fourth-order valence-corrected chi connectivity index (χ4v) is 2.37. The standard InChI is InChI=1S/C18H17N3O2/c1-13-16(17(21-23-13)14-7-3-2-4-8-14)18(22)20-12-10-15-9-5-6-11-19-15/h2-9,11H,10,12H2,1H3,(H,20,22). The Morgan fingerprint density at radius 3 is 2.65 bits per heavy atom. The summed E-state index contributed by atoms with van der Waals surface area (Å²) in [6.07, 6.45) is 2.42. The van der Waals surface area contributed by atoms with Gasteiger partial charge in [-0.1, -0.05) is 41.6 Å². The van der Waals surface area contributed by atoms with Crippen LogP contribution in [0.2, 0.25) is 0 Å². The molecule has 1 amide bonds. The molecule has 0 fully saturated rings. The maximum atomic E-state index is 12.5. The summed E-state index contributed by atoms with van der Waals surface area (Å²) in [4.78, 5) is 16.7. The van der Waals surface area contributed by atoms with Crippen LogP contribution in [0, 0.1) is 6.92 Å². The van der Waals surface area contributed by atoms with Crippen LogP contribution < -0.4 is 5.32 Å². The van der Waals surface area contributed by atoms with Gasteiger partial charge in [-0.2, -0.15) is 0 Å². The van der Waals surface area contributed by atoms with Crippen LogP contribution in [0.3, 0.4) is 0 Å². The van der Waals surface area contributed by atoms with Crippen LogP contribution in [0.25, 0.3) is 11.3 Å². The van der Waals surface area contributed by atoms with E-state index in [0.29, 0.717) is 30.0 Å². The Labute approximate surface area is 134 Å². The third-order valence-corrected chi connectivity index (χ3v) is 3.53. The molecule has 0 unspecified atom stereocenters. The third-order valence-electron chi connectivity index (χ3n) is 3.53. The molecule has 116 valence electrons. The van der Waals surface area contributed by atoms with Gasteiger partial charge in [0, 0.05) is 30.4 Å². The van der Waals surface area contributed by atoms with E-state index in [2.05, 4.69) is 15.5 Å². The van der Waals surface area contributed by atoms with E-state index in [9.17, 15) is 4.79 Å². The maximum Gasteiger partial charge on any atom is 0.257 e. The number of amides is 1. The summed E-state index contributed by atoms with van der Waals surface area (Å²) in [7, 11) is 0. The Balaban J connectivity index is 1.71. The first-order valence-corrected chi connectivity index (χ1v) is 7.45. The molecule has 5 nitrogen and oxygen atoms in total. The molecule has 3 aromatic rings. The molecule has 5 heteroatoms. The lowest BCUT2D eigenvalue weighted by Crippen LogP contribution is -2.26. The molecular formula is C18H17N3O2. The fraction of sp³-hybridized carbons (Fsp3) is 0.167. The van der Waals surface area contributed by atoms with Gasteiger partial charge in [0.25, 0.3) is 5.91 Å². The van der Waals surface area contributed by atoms with E-state index in [-0.39, 0.29) is 5.91 Å². The molecule has 3 rings (SSSR count). The number of nitrogens with one attached hydrogen (secondary N) is 1. The number of benzene rings is 1. The zero-order chi connectivity index (χ0) is 16.1. The Morgan fingerprint density at radius 1 is 1.13 bits per heavy atom. The first-order valence-electron chi connectivity index (χ1n) is 7.45. The first-order chi connectivity index (χ1) is 11.3. The minimum absolute atomic E-state index is 0.182. The maximum absolute atomic E-state index is 12.5. The number of hydrogen-bond donors (Lipinski definition) is 1. The minimum Gasteiger partial charge on any atom is -0.360 e. The summed E-state index contributed by atoms with van der Waals surface area (Å²) in [5, 5.41) is 6.93. The van der Waals surface area contributed by atoms with Gasteiger partial charge >= 0.3 is 0 Å². The molecule has 1 N–H and O–H groups in total. The van der Waals surface area contributed by atoms with E-state index in [1.165, 1.54) is 0 Å². The summed E-state index contributed by atoms with van der Waals surface area (Å²) < 4.78 is 5.21. The quantitative estimate of drug-likeness (QED) is 0.786. The molecule has 0 radical (unpaired) electrons. The lowest BCUT2D eigenvalue weighted by atomic mass is 10.1. The predicted molar refractivity (Wildman–Crippen MR) is 87.0 cm³/mol. The molecule has 0 aliphatic carbocycles. The lowest BCUT2D eigenvalue weighted by molar-refractivity contribution is 0.0953. The SMILES string of the molecule is Cc1onc(-c2ccccc2)c1C(=O)NCCc1ccccn1. The Kier molecular flexibility index (Phi) is 4.47. The number of carbonyl (C=O) groups is 1. The van der Waals surface area contributed by atoms with Crippen LogP contribution in [0.4, 0.5) is 0 Å². The molecule has 0 atom stereocenters. The van der Waals surface area contributed by atoms with Crippen LogP contribution in [0.5, 0.6) is 0 Å². The largest absolute Gasteiger partial charge is 0.360 e. The number of pyridine rings is 1. The fourth-order valence-electron chi connectivity index (χ4n) is 2.37. The van der Waals surface area contributed by atoms with E-state index < -0.39 is 0 Å². The van der Waals surface area contributed by atoms with Crippen LogP contribution in [-0.2, 0) is 6.42 Å². The second kappa shape index (κ2) is 6.87. The van der Waals surface area contributed by atoms with E-state index in [0.717, 1.165) is 11.3 Å². The molecule has 0 bridgehead atoms. The summed E-state index contributed by atoms with van der Waals surface area (Å²) >= 11 is 0. The normalized spacial score (nSPS) is 10.5. The minimum atomic E-state index is -0.182. The van der Waals surface area contributed by atoms with Gasteiger partial charge in [0.15, 0.2) is 0 Å². The van der Waals surface area contributed by atoms with Gasteiger partial charge in [0.1, 0.15) is 17.0 Å². The highest BCUT2D eigenvalue weighted by atomic mass is 16.5. The third kappa shape index (κ3) is 3.45. The van der Waals surface area contributed by atoms with Crippen molar-refractivity contribution < 1.29 is 9.32 Å².